The number of benzene rings is 1. The van der Waals surface area contributed by atoms with Gasteiger partial charge in [-0.25, -0.2) is 0 Å². The van der Waals surface area contributed by atoms with Crippen molar-refractivity contribution in [3.63, 3.8) is 0 Å². The van der Waals surface area contributed by atoms with Crippen LogP contribution in [0.15, 0.2) is 24.3 Å². The zero-order chi connectivity index (χ0) is 10.7. The van der Waals surface area contributed by atoms with Crippen LogP contribution in [0.4, 0.5) is 0 Å². The Morgan fingerprint density at radius 2 is 2.27 bits per heavy atom. The van der Waals surface area contributed by atoms with Gasteiger partial charge in [-0.15, -0.1) is 0 Å². The number of nitrogens with one attached hydrogen (secondary N) is 1. The maximum atomic E-state index is 10.2. The lowest BCUT2D eigenvalue weighted by molar-refractivity contribution is 0.0612. The van der Waals surface area contributed by atoms with Crippen molar-refractivity contribution in [2.45, 2.75) is 18.4 Å². The smallest absolute Gasteiger partial charge is 0.122 e. The van der Waals surface area contributed by atoms with Crippen molar-refractivity contribution in [2.24, 2.45) is 0 Å². The summed E-state index contributed by atoms with van der Waals surface area (Å²) in [4.78, 5) is 0. The van der Waals surface area contributed by atoms with Gasteiger partial charge in [-0.2, -0.15) is 0 Å². The number of aliphatic hydroxyl groups is 1. The van der Waals surface area contributed by atoms with Crippen LogP contribution in [0.25, 0.3) is 0 Å². The molecule has 1 aromatic rings. The number of β-amino-alcohol motifs (C(OH)–C–C–N with tert-alkyl or cyclic N) is 1. The van der Waals surface area contributed by atoms with Crippen molar-refractivity contribution in [1.82, 2.24) is 5.32 Å². The molecule has 0 saturated carbocycles. The maximum Gasteiger partial charge on any atom is 0.122 e. The summed E-state index contributed by atoms with van der Waals surface area (Å²) in [7, 11) is 1.66. The molecule has 3 heteroatoms. The molecular formula is C12H17NO2. The van der Waals surface area contributed by atoms with Gasteiger partial charge in [0, 0.05) is 13.0 Å². The molecule has 0 aliphatic carbocycles. The Hall–Kier alpha value is -1.06. The summed E-state index contributed by atoms with van der Waals surface area (Å²) in [6, 6.07) is 7.86. The van der Waals surface area contributed by atoms with E-state index in [2.05, 4.69) is 5.32 Å². The zero-order valence-electron chi connectivity index (χ0n) is 8.99. The number of ether oxygens (including phenoxy) is 1. The first-order chi connectivity index (χ1) is 7.23. The van der Waals surface area contributed by atoms with Gasteiger partial charge in [0.1, 0.15) is 5.75 Å². The quantitative estimate of drug-likeness (QED) is 0.775. The van der Waals surface area contributed by atoms with Crippen LogP contribution in [-0.2, 0) is 6.42 Å². The number of rotatable bonds is 3. The molecule has 1 heterocycles. The molecule has 1 aromatic carbocycles. The molecule has 1 saturated heterocycles. The highest BCUT2D eigenvalue weighted by atomic mass is 16.5. The third-order valence-corrected chi connectivity index (χ3v) is 2.93. The third kappa shape index (κ3) is 2.30. The molecule has 82 valence electrons. The van der Waals surface area contributed by atoms with Gasteiger partial charge in [0.15, 0.2) is 0 Å². The van der Waals surface area contributed by atoms with Crippen molar-refractivity contribution in [2.75, 3.05) is 20.2 Å². The Balaban J connectivity index is 2.16. The predicted octanol–water partition coefficient (Wildman–Crippen LogP) is 0.962. The Kier molecular flexibility index (Phi) is 2.93. The van der Waals surface area contributed by atoms with Crippen LogP contribution in [0, 0.1) is 0 Å². The monoisotopic (exact) mass is 207 g/mol. The molecule has 3 nitrogen and oxygen atoms in total. The molecule has 1 atom stereocenters. The highest BCUT2D eigenvalue weighted by molar-refractivity contribution is 5.34. The van der Waals surface area contributed by atoms with E-state index in [4.69, 9.17) is 4.74 Å². The van der Waals surface area contributed by atoms with Gasteiger partial charge < -0.3 is 15.2 Å². The van der Waals surface area contributed by atoms with E-state index in [1.807, 2.05) is 24.3 Å². The SMILES string of the molecule is COc1ccccc1CC1(O)CCNC1. The van der Waals surface area contributed by atoms with E-state index in [0.29, 0.717) is 13.0 Å². The van der Waals surface area contributed by atoms with Crippen molar-refractivity contribution in [3.05, 3.63) is 29.8 Å². The first kappa shape index (κ1) is 10.5. The molecule has 2 rings (SSSR count). The Morgan fingerprint density at radius 1 is 1.47 bits per heavy atom. The Morgan fingerprint density at radius 3 is 2.93 bits per heavy atom. The largest absolute Gasteiger partial charge is 0.496 e. The maximum absolute atomic E-state index is 10.2. The fourth-order valence-electron chi connectivity index (χ4n) is 2.08. The fourth-order valence-corrected chi connectivity index (χ4v) is 2.08. The topological polar surface area (TPSA) is 41.5 Å². The average Bonchev–Trinajstić information content (AvgIpc) is 2.66. The van der Waals surface area contributed by atoms with Gasteiger partial charge >= 0.3 is 0 Å². The fraction of sp³-hybridized carbons (Fsp3) is 0.500. The minimum atomic E-state index is -0.603. The van der Waals surface area contributed by atoms with Gasteiger partial charge in [0.05, 0.1) is 12.7 Å². The molecule has 1 aliphatic rings. The molecule has 0 spiro atoms. The minimum absolute atomic E-state index is 0.603. The second-order valence-corrected chi connectivity index (χ2v) is 4.14. The molecule has 0 bridgehead atoms. The van der Waals surface area contributed by atoms with Crippen LogP contribution >= 0.6 is 0 Å². The van der Waals surface area contributed by atoms with E-state index in [1.165, 1.54) is 0 Å². The van der Waals surface area contributed by atoms with E-state index in [1.54, 1.807) is 7.11 Å². The molecule has 0 aromatic heterocycles. The van der Waals surface area contributed by atoms with Crippen LogP contribution in [0.5, 0.6) is 5.75 Å². The highest BCUT2D eigenvalue weighted by Gasteiger charge is 2.31. The number of methoxy groups -OCH3 is 1. The Bertz CT molecular complexity index is 332. The van der Waals surface area contributed by atoms with E-state index in [-0.39, 0.29) is 0 Å². The van der Waals surface area contributed by atoms with Crippen LogP contribution in [0.2, 0.25) is 0 Å². The van der Waals surface area contributed by atoms with E-state index >= 15 is 0 Å². The summed E-state index contributed by atoms with van der Waals surface area (Å²) in [5.74, 6) is 0.859. The molecule has 2 N–H and O–H groups in total. The predicted molar refractivity (Wildman–Crippen MR) is 59.1 cm³/mol. The molecule has 0 amide bonds. The van der Waals surface area contributed by atoms with Crippen LogP contribution < -0.4 is 10.1 Å². The van der Waals surface area contributed by atoms with Gasteiger partial charge in [-0.1, -0.05) is 18.2 Å². The second-order valence-electron chi connectivity index (χ2n) is 4.14. The molecule has 0 radical (unpaired) electrons. The van der Waals surface area contributed by atoms with E-state index in [9.17, 15) is 5.11 Å². The standard InChI is InChI=1S/C12H17NO2/c1-15-11-5-3-2-4-10(11)8-12(14)6-7-13-9-12/h2-5,13-14H,6-9H2,1H3. The van der Waals surface area contributed by atoms with Gasteiger partial charge in [0.25, 0.3) is 0 Å². The lowest BCUT2D eigenvalue weighted by Crippen LogP contribution is -2.33. The van der Waals surface area contributed by atoms with Gasteiger partial charge in [-0.3, -0.25) is 0 Å². The van der Waals surface area contributed by atoms with Gasteiger partial charge in [-0.05, 0) is 24.6 Å². The molecule has 1 aliphatic heterocycles. The number of hydrogen-bond acceptors (Lipinski definition) is 3. The molecular weight excluding hydrogens is 190 g/mol. The second kappa shape index (κ2) is 4.21. The Labute approximate surface area is 90.1 Å². The van der Waals surface area contributed by atoms with Crippen molar-refractivity contribution < 1.29 is 9.84 Å². The van der Waals surface area contributed by atoms with Crippen LogP contribution in [0.3, 0.4) is 0 Å². The lowest BCUT2D eigenvalue weighted by atomic mass is 9.93. The normalized spacial score (nSPS) is 25.5. The number of hydrogen-bond donors (Lipinski definition) is 2. The lowest BCUT2D eigenvalue weighted by Gasteiger charge is -2.22. The summed E-state index contributed by atoms with van der Waals surface area (Å²) in [6.45, 7) is 1.57. The third-order valence-electron chi connectivity index (χ3n) is 2.93. The minimum Gasteiger partial charge on any atom is -0.496 e. The van der Waals surface area contributed by atoms with Gasteiger partial charge in [0.2, 0.25) is 0 Å². The highest BCUT2D eigenvalue weighted by Crippen LogP contribution is 2.26. The van der Waals surface area contributed by atoms with Crippen molar-refractivity contribution in [1.29, 1.82) is 0 Å². The summed E-state index contributed by atoms with van der Waals surface area (Å²) in [5.41, 5.74) is 0.473. The first-order valence-corrected chi connectivity index (χ1v) is 5.28. The summed E-state index contributed by atoms with van der Waals surface area (Å²) in [5, 5.41) is 13.4. The van der Waals surface area contributed by atoms with E-state index in [0.717, 1.165) is 24.3 Å². The molecule has 1 fully saturated rings. The van der Waals surface area contributed by atoms with Crippen molar-refractivity contribution in [3.8, 4) is 5.75 Å². The summed E-state index contributed by atoms with van der Waals surface area (Å²) < 4.78 is 5.27. The summed E-state index contributed by atoms with van der Waals surface area (Å²) in [6.07, 6.45) is 1.47. The first-order valence-electron chi connectivity index (χ1n) is 5.28. The summed E-state index contributed by atoms with van der Waals surface area (Å²) >= 11 is 0. The average molecular weight is 207 g/mol. The van der Waals surface area contributed by atoms with E-state index < -0.39 is 5.60 Å². The van der Waals surface area contributed by atoms with Crippen LogP contribution in [0.1, 0.15) is 12.0 Å². The molecule has 1 unspecified atom stereocenters. The van der Waals surface area contributed by atoms with Crippen molar-refractivity contribution >= 4 is 0 Å². The number of para-hydroxylation sites is 1. The zero-order valence-corrected chi connectivity index (χ0v) is 8.99. The van der Waals surface area contributed by atoms with Crippen LogP contribution in [-0.4, -0.2) is 30.9 Å². The molecule has 15 heavy (non-hydrogen) atoms.